The molecule has 29 heavy (non-hydrogen) atoms. The van der Waals surface area contributed by atoms with Crippen LogP contribution in [-0.2, 0) is 11.2 Å². The molecule has 4 aromatic rings. The Kier molecular flexibility index (Phi) is 5.17. The van der Waals surface area contributed by atoms with Crippen molar-refractivity contribution in [2.75, 3.05) is 6.61 Å². The number of aromatic nitrogens is 1. The van der Waals surface area contributed by atoms with Crippen LogP contribution in [-0.4, -0.2) is 23.1 Å². The zero-order chi connectivity index (χ0) is 20.2. The Bertz CT molecular complexity index is 1210. The van der Waals surface area contributed by atoms with Gasteiger partial charge in [0.15, 0.2) is 6.61 Å². The third kappa shape index (κ3) is 3.78. The number of nitriles is 1. The fourth-order valence-electron chi connectivity index (χ4n) is 3.57. The van der Waals surface area contributed by atoms with E-state index in [1.165, 1.54) is 0 Å². The molecule has 0 saturated heterocycles. The summed E-state index contributed by atoms with van der Waals surface area (Å²) in [4.78, 5) is 13.1. The molecule has 2 aromatic carbocycles. The topological polar surface area (TPSA) is 63.7 Å². The molecule has 0 spiro atoms. The molecule has 0 radical (unpaired) electrons. The molecule has 0 aliphatic heterocycles. The van der Waals surface area contributed by atoms with E-state index in [4.69, 9.17) is 14.7 Å². The van der Waals surface area contributed by atoms with Crippen molar-refractivity contribution >= 4 is 22.4 Å². The second-order valence-electron chi connectivity index (χ2n) is 6.86. The molecule has 5 nitrogen and oxygen atoms in total. The Morgan fingerprint density at radius 1 is 1.07 bits per heavy atom. The lowest BCUT2D eigenvalue weighted by molar-refractivity contribution is 0.0347. The van der Waals surface area contributed by atoms with Crippen molar-refractivity contribution in [1.29, 1.82) is 5.26 Å². The van der Waals surface area contributed by atoms with Crippen molar-refractivity contribution in [3.8, 4) is 11.8 Å². The molecule has 0 saturated carbocycles. The van der Waals surface area contributed by atoms with Crippen molar-refractivity contribution in [1.82, 2.24) is 4.40 Å². The number of fused-ring (bicyclic) bond motifs is 3. The Hall–Kier alpha value is -3.78. The summed E-state index contributed by atoms with van der Waals surface area (Å²) in [6.45, 7) is 1.87. The second kappa shape index (κ2) is 8.07. The number of ether oxygens (including phenoxy) is 2. The van der Waals surface area contributed by atoms with Gasteiger partial charge in [-0.1, -0.05) is 36.4 Å². The third-order valence-electron chi connectivity index (χ3n) is 4.80. The minimum atomic E-state index is -0.349. The molecule has 0 amide bonds. The summed E-state index contributed by atoms with van der Waals surface area (Å²) in [5.41, 5.74) is 3.27. The highest BCUT2D eigenvalue weighted by atomic mass is 16.5. The Morgan fingerprint density at radius 3 is 2.66 bits per heavy atom. The van der Waals surface area contributed by atoms with Gasteiger partial charge in [0.1, 0.15) is 17.9 Å². The molecule has 0 aliphatic rings. The summed E-state index contributed by atoms with van der Waals surface area (Å²) in [5, 5.41) is 9.53. The molecule has 0 bridgehead atoms. The highest BCUT2D eigenvalue weighted by Gasteiger charge is 2.21. The van der Waals surface area contributed by atoms with E-state index in [1.54, 1.807) is 6.07 Å². The van der Waals surface area contributed by atoms with E-state index in [0.29, 0.717) is 17.7 Å². The monoisotopic (exact) mass is 384 g/mol. The lowest BCUT2D eigenvalue weighted by Gasteiger charge is -2.13. The summed E-state index contributed by atoms with van der Waals surface area (Å²) in [5.74, 6) is 0.234. The average Bonchev–Trinajstić information content (AvgIpc) is 3.06. The summed E-state index contributed by atoms with van der Waals surface area (Å²) < 4.78 is 13.1. The lowest BCUT2D eigenvalue weighted by atomic mass is 10.1. The lowest BCUT2D eigenvalue weighted by Crippen LogP contribution is -2.17. The highest BCUT2D eigenvalue weighted by Crippen LogP contribution is 2.30. The van der Waals surface area contributed by atoms with E-state index in [9.17, 15) is 4.79 Å². The zero-order valence-corrected chi connectivity index (χ0v) is 16.0. The molecule has 0 N–H and O–H groups in total. The van der Waals surface area contributed by atoms with Gasteiger partial charge in [-0.05, 0) is 36.8 Å². The minimum Gasteiger partial charge on any atom is -0.479 e. The molecule has 0 aliphatic carbocycles. The first-order chi connectivity index (χ1) is 14.2. The standard InChI is InChI=1S/C24H20N2O3/c1-17(15-18-7-3-2-4-8-18)29-24(27)23-20-11-10-19(28-14-12-25)16-22(20)26-13-6-5-9-21(23)26/h2-11,13,16-17H,14-15H2,1H3. The second-order valence-corrected chi connectivity index (χ2v) is 6.86. The average molecular weight is 384 g/mol. The summed E-state index contributed by atoms with van der Waals surface area (Å²) >= 11 is 0. The maximum absolute atomic E-state index is 13.1. The van der Waals surface area contributed by atoms with Gasteiger partial charge in [-0.25, -0.2) is 4.79 Å². The molecule has 144 valence electrons. The van der Waals surface area contributed by atoms with Crippen LogP contribution in [0.2, 0.25) is 0 Å². The van der Waals surface area contributed by atoms with Crippen LogP contribution < -0.4 is 4.74 Å². The van der Waals surface area contributed by atoms with E-state index in [-0.39, 0.29) is 18.7 Å². The number of nitrogens with zero attached hydrogens (tertiary/aromatic N) is 2. The Morgan fingerprint density at radius 2 is 1.86 bits per heavy atom. The molecule has 2 aromatic heterocycles. The Labute approximate surface area is 168 Å². The zero-order valence-electron chi connectivity index (χ0n) is 16.0. The maximum atomic E-state index is 13.1. The normalized spacial score (nSPS) is 11.9. The molecule has 2 heterocycles. The van der Waals surface area contributed by atoms with Gasteiger partial charge in [0, 0.05) is 24.1 Å². The maximum Gasteiger partial charge on any atom is 0.341 e. The number of benzene rings is 2. The van der Waals surface area contributed by atoms with Crippen LogP contribution in [0, 0.1) is 11.3 Å². The van der Waals surface area contributed by atoms with E-state index in [1.807, 2.05) is 84.3 Å². The fourth-order valence-corrected chi connectivity index (χ4v) is 3.57. The smallest absolute Gasteiger partial charge is 0.341 e. The van der Waals surface area contributed by atoms with Gasteiger partial charge in [-0.3, -0.25) is 0 Å². The number of rotatable bonds is 6. The van der Waals surface area contributed by atoms with Crippen molar-refractivity contribution in [3.05, 3.63) is 84.1 Å². The largest absolute Gasteiger partial charge is 0.479 e. The quantitative estimate of drug-likeness (QED) is 0.449. The van der Waals surface area contributed by atoms with Crippen LogP contribution in [0.25, 0.3) is 16.4 Å². The first-order valence-corrected chi connectivity index (χ1v) is 9.45. The van der Waals surface area contributed by atoms with Gasteiger partial charge < -0.3 is 13.9 Å². The van der Waals surface area contributed by atoms with Crippen molar-refractivity contribution in [2.45, 2.75) is 19.4 Å². The number of hydrogen-bond donors (Lipinski definition) is 0. The molecular weight excluding hydrogens is 364 g/mol. The van der Waals surface area contributed by atoms with Crippen LogP contribution in [0.1, 0.15) is 22.8 Å². The van der Waals surface area contributed by atoms with E-state index in [0.717, 1.165) is 22.0 Å². The molecule has 5 heteroatoms. The van der Waals surface area contributed by atoms with Crippen LogP contribution in [0.4, 0.5) is 0 Å². The fraction of sp³-hybridized carbons (Fsp3) is 0.167. The van der Waals surface area contributed by atoms with Crippen molar-refractivity contribution in [2.24, 2.45) is 0 Å². The van der Waals surface area contributed by atoms with E-state index < -0.39 is 0 Å². The van der Waals surface area contributed by atoms with Crippen molar-refractivity contribution < 1.29 is 14.3 Å². The highest BCUT2D eigenvalue weighted by molar-refractivity contribution is 6.12. The van der Waals surface area contributed by atoms with Crippen molar-refractivity contribution in [3.63, 3.8) is 0 Å². The number of pyridine rings is 1. The number of hydrogen-bond acceptors (Lipinski definition) is 4. The van der Waals surface area contributed by atoms with Gasteiger partial charge in [0.05, 0.1) is 16.6 Å². The number of esters is 1. The van der Waals surface area contributed by atoms with Crippen LogP contribution in [0.15, 0.2) is 72.9 Å². The predicted molar refractivity (Wildman–Crippen MR) is 111 cm³/mol. The van der Waals surface area contributed by atoms with Crippen LogP contribution in [0.5, 0.6) is 5.75 Å². The molecule has 0 fully saturated rings. The van der Waals surface area contributed by atoms with E-state index >= 15 is 0 Å². The summed E-state index contributed by atoms with van der Waals surface area (Å²) in [6.07, 6.45) is 2.30. The molecule has 4 rings (SSSR count). The van der Waals surface area contributed by atoms with E-state index in [2.05, 4.69) is 0 Å². The summed E-state index contributed by atoms with van der Waals surface area (Å²) in [7, 11) is 0. The summed E-state index contributed by atoms with van der Waals surface area (Å²) in [6, 6.07) is 23.1. The molecule has 1 unspecified atom stereocenters. The third-order valence-corrected chi connectivity index (χ3v) is 4.80. The minimum absolute atomic E-state index is 0.0271. The first kappa shape index (κ1) is 18.6. The van der Waals surface area contributed by atoms with Crippen LogP contribution >= 0.6 is 0 Å². The van der Waals surface area contributed by atoms with Gasteiger partial charge in [-0.15, -0.1) is 0 Å². The van der Waals surface area contributed by atoms with Gasteiger partial charge in [-0.2, -0.15) is 5.26 Å². The molecule has 1 atom stereocenters. The Balaban J connectivity index is 1.68. The van der Waals surface area contributed by atoms with Crippen LogP contribution in [0.3, 0.4) is 0 Å². The van der Waals surface area contributed by atoms with Gasteiger partial charge >= 0.3 is 5.97 Å². The van der Waals surface area contributed by atoms with Gasteiger partial charge in [0.25, 0.3) is 0 Å². The number of carbonyl (C=O) groups excluding carboxylic acids is 1. The first-order valence-electron chi connectivity index (χ1n) is 9.45. The van der Waals surface area contributed by atoms with Gasteiger partial charge in [0.2, 0.25) is 0 Å². The number of carbonyl (C=O) groups is 1. The SMILES string of the molecule is CC(Cc1ccccc1)OC(=O)c1c2ccc(OCC#N)cc2n2ccccc12. The predicted octanol–water partition coefficient (Wildman–Crippen LogP) is 4.78. The molecular formula is C24H20N2O3.